The highest BCUT2D eigenvalue weighted by Gasteiger charge is 2.30. The zero-order valence-electron chi connectivity index (χ0n) is 7.59. The van der Waals surface area contributed by atoms with Gasteiger partial charge in [0.1, 0.15) is 0 Å². The number of Topliss-reactive ketones (excluding diaryl/α,β-unsaturated/α-hetero) is 1. The zero-order valence-corrected chi connectivity index (χ0v) is 7.59. The smallest absolute Gasteiger partial charge is 0.203 e. The van der Waals surface area contributed by atoms with Crippen molar-refractivity contribution < 1.29 is 9.53 Å². The van der Waals surface area contributed by atoms with Crippen LogP contribution in [0.5, 0.6) is 0 Å². The minimum absolute atomic E-state index is 0.0162. The molecule has 0 fully saturated rings. The first-order valence-corrected chi connectivity index (χ1v) is 4.16. The SMILES string of the molecule is CC(C)(CN)C(=O)C1=CCCO1. The number of nitrogens with two attached hydrogens (primary N) is 1. The summed E-state index contributed by atoms with van der Waals surface area (Å²) in [7, 11) is 0. The van der Waals surface area contributed by atoms with Gasteiger partial charge in [0.15, 0.2) is 5.76 Å². The lowest BCUT2D eigenvalue weighted by atomic mass is 9.87. The van der Waals surface area contributed by atoms with Crippen LogP contribution in [0.2, 0.25) is 0 Å². The molecule has 0 aromatic rings. The molecule has 1 aliphatic heterocycles. The highest BCUT2D eigenvalue weighted by Crippen LogP contribution is 2.22. The van der Waals surface area contributed by atoms with Gasteiger partial charge < -0.3 is 10.5 Å². The second kappa shape index (κ2) is 3.27. The second-order valence-electron chi connectivity index (χ2n) is 3.62. The van der Waals surface area contributed by atoms with E-state index in [1.54, 1.807) is 0 Å². The standard InChI is InChI=1S/C9H15NO2/c1-9(2,6-10)8(11)7-4-3-5-12-7/h4H,3,5-6,10H2,1-2H3. The Labute approximate surface area is 72.6 Å². The van der Waals surface area contributed by atoms with Crippen LogP contribution in [0.1, 0.15) is 20.3 Å². The average molecular weight is 169 g/mol. The van der Waals surface area contributed by atoms with Gasteiger partial charge in [0.05, 0.1) is 6.61 Å². The number of carbonyl (C=O) groups excluding carboxylic acids is 1. The van der Waals surface area contributed by atoms with Gasteiger partial charge in [-0.2, -0.15) is 0 Å². The Morgan fingerprint density at radius 3 is 2.83 bits per heavy atom. The summed E-state index contributed by atoms with van der Waals surface area (Å²) in [5.41, 5.74) is 4.98. The molecular formula is C9H15NO2. The van der Waals surface area contributed by atoms with Crippen LogP contribution >= 0.6 is 0 Å². The van der Waals surface area contributed by atoms with Gasteiger partial charge in [-0.25, -0.2) is 0 Å². The Hall–Kier alpha value is -0.830. The lowest BCUT2D eigenvalue weighted by molar-refractivity contribution is -0.125. The number of ketones is 1. The van der Waals surface area contributed by atoms with Gasteiger partial charge in [-0.05, 0) is 6.08 Å². The summed E-state index contributed by atoms with van der Waals surface area (Å²) in [6.07, 6.45) is 2.67. The van der Waals surface area contributed by atoms with E-state index in [4.69, 9.17) is 10.5 Å². The second-order valence-corrected chi connectivity index (χ2v) is 3.62. The minimum Gasteiger partial charge on any atom is -0.490 e. The van der Waals surface area contributed by atoms with Crippen molar-refractivity contribution in [2.24, 2.45) is 11.1 Å². The van der Waals surface area contributed by atoms with Crippen LogP contribution < -0.4 is 5.73 Å². The van der Waals surface area contributed by atoms with Crippen LogP contribution in [0.15, 0.2) is 11.8 Å². The van der Waals surface area contributed by atoms with Gasteiger partial charge in [-0.3, -0.25) is 4.79 Å². The average Bonchev–Trinajstić information content (AvgIpc) is 2.55. The van der Waals surface area contributed by atoms with E-state index in [0.29, 0.717) is 18.9 Å². The third-order valence-corrected chi connectivity index (χ3v) is 2.05. The molecule has 12 heavy (non-hydrogen) atoms. The molecule has 3 heteroatoms. The van der Waals surface area contributed by atoms with Crippen LogP contribution in [-0.2, 0) is 9.53 Å². The monoisotopic (exact) mass is 169 g/mol. The van der Waals surface area contributed by atoms with Crippen LogP contribution in [-0.4, -0.2) is 18.9 Å². The fraction of sp³-hybridized carbons (Fsp3) is 0.667. The van der Waals surface area contributed by atoms with E-state index in [1.165, 1.54) is 0 Å². The van der Waals surface area contributed by atoms with Crippen molar-refractivity contribution >= 4 is 5.78 Å². The summed E-state index contributed by atoms with van der Waals surface area (Å²) in [6.45, 7) is 4.64. The molecule has 0 aromatic heterocycles. The molecule has 1 heterocycles. The number of hydrogen-bond acceptors (Lipinski definition) is 3. The summed E-state index contributed by atoms with van der Waals surface area (Å²) < 4.78 is 5.16. The van der Waals surface area contributed by atoms with Crippen LogP contribution in [0.3, 0.4) is 0 Å². The van der Waals surface area contributed by atoms with E-state index in [9.17, 15) is 4.79 Å². The molecule has 0 aliphatic carbocycles. The van der Waals surface area contributed by atoms with Crippen molar-refractivity contribution in [3.63, 3.8) is 0 Å². The van der Waals surface area contributed by atoms with E-state index in [1.807, 2.05) is 19.9 Å². The highest BCUT2D eigenvalue weighted by atomic mass is 16.5. The number of ether oxygens (including phenoxy) is 1. The maximum absolute atomic E-state index is 11.6. The normalized spacial score (nSPS) is 17.1. The summed E-state index contributed by atoms with van der Waals surface area (Å²) in [6, 6.07) is 0. The summed E-state index contributed by atoms with van der Waals surface area (Å²) in [4.78, 5) is 11.6. The van der Waals surface area contributed by atoms with E-state index in [2.05, 4.69) is 0 Å². The molecule has 2 N–H and O–H groups in total. The Bertz CT molecular complexity index is 219. The molecular weight excluding hydrogens is 154 g/mol. The van der Waals surface area contributed by atoms with E-state index in [-0.39, 0.29) is 5.78 Å². The zero-order chi connectivity index (χ0) is 9.19. The minimum atomic E-state index is -0.490. The topological polar surface area (TPSA) is 52.3 Å². The van der Waals surface area contributed by atoms with Crippen molar-refractivity contribution in [2.45, 2.75) is 20.3 Å². The predicted molar refractivity (Wildman–Crippen MR) is 46.5 cm³/mol. The van der Waals surface area contributed by atoms with Crippen molar-refractivity contribution in [3.8, 4) is 0 Å². The van der Waals surface area contributed by atoms with Gasteiger partial charge in [0, 0.05) is 18.4 Å². The first-order valence-electron chi connectivity index (χ1n) is 4.16. The molecule has 0 saturated heterocycles. The molecule has 68 valence electrons. The van der Waals surface area contributed by atoms with Gasteiger partial charge in [-0.1, -0.05) is 13.8 Å². The first-order chi connectivity index (χ1) is 5.58. The number of carbonyl (C=O) groups is 1. The largest absolute Gasteiger partial charge is 0.490 e. The quantitative estimate of drug-likeness (QED) is 0.681. The highest BCUT2D eigenvalue weighted by molar-refractivity contribution is 5.98. The van der Waals surface area contributed by atoms with Crippen molar-refractivity contribution in [3.05, 3.63) is 11.8 Å². The molecule has 0 spiro atoms. The van der Waals surface area contributed by atoms with Crippen LogP contribution in [0.25, 0.3) is 0 Å². The summed E-state index contributed by atoms with van der Waals surface area (Å²) >= 11 is 0. The maximum atomic E-state index is 11.6. The van der Waals surface area contributed by atoms with Gasteiger partial charge in [0.2, 0.25) is 5.78 Å². The third-order valence-electron chi connectivity index (χ3n) is 2.05. The van der Waals surface area contributed by atoms with Gasteiger partial charge >= 0.3 is 0 Å². The molecule has 1 aliphatic rings. The van der Waals surface area contributed by atoms with Crippen molar-refractivity contribution in [1.29, 1.82) is 0 Å². The van der Waals surface area contributed by atoms with Gasteiger partial charge in [-0.15, -0.1) is 0 Å². The lowest BCUT2D eigenvalue weighted by Gasteiger charge is -2.20. The predicted octanol–water partition coefficient (Wildman–Crippen LogP) is 0.845. The first kappa shape index (κ1) is 9.26. The van der Waals surface area contributed by atoms with E-state index < -0.39 is 5.41 Å². The molecule has 0 bridgehead atoms. The Kier molecular flexibility index (Phi) is 2.52. The Morgan fingerprint density at radius 2 is 2.42 bits per heavy atom. The molecule has 0 unspecified atom stereocenters. The number of allylic oxidation sites excluding steroid dienone is 1. The molecule has 0 atom stereocenters. The molecule has 0 saturated carbocycles. The number of rotatable bonds is 3. The fourth-order valence-corrected chi connectivity index (χ4v) is 1.00. The molecule has 0 amide bonds. The Morgan fingerprint density at radius 1 is 1.75 bits per heavy atom. The maximum Gasteiger partial charge on any atom is 0.203 e. The van der Waals surface area contributed by atoms with Crippen molar-refractivity contribution in [1.82, 2.24) is 0 Å². The third kappa shape index (κ3) is 1.67. The van der Waals surface area contributed by atoms with E-state index >= 15 is 0 Å². The van der Waals surface area contributed by atoms with Crippen LogP contribution in [0, 0.1) is 5.41 Å². The number of hydrogen-bond donors (Lipinski definition) is 1. The summed E-state index contributed by atoms with van der Waals surface area (Å²) in [5, 5.41) is 0. The lowest BCUT2D eigenvalue weighted by Crippen LogP contribution is -2.33. The summed E-state index contributed by atoms with van der Waals surface area (Å²) in [5.74, 6) is 0.507. The fourth-order valence-electron chi connectivity index (χ4n) is 1.00. The molecule has 3 nitrogen and oxygen atoms in total. The van der Waals surface area contributed by atoms with Gasteiger partial charge in [0.25, 0.3) is 0 Å². The van der Waals surface area contributed by atoms with E-state index in [0.717, 1.165) is 6.42 Å². The van der Waals surface area contributed by atoms with Crippen molar-refractivity contribution in [2.75, 3.05) is 13.2 Å². The molecule has 0 aromatic carbocycles. The molecule has 0 radical (unpaired) electrons. The van der Waals surface area contributed by atoms with Crippen LogP contribution in [0.4, 0.5) is 0 Å². The molecule has 1 rings (SSSR count). The Balaban J connectivity index is 2.70.